The van der Waals surface area contributed by atoms with Crippen LogP contribution < -0.4 is 10.6 Å². The van der Waals surface area contributed by atoms with Crippen LogP contribution in [-0.4, -0.2) is 55.1 Å². The Morgan fingerprint density at radius 2 is 2.08 bits per heavy atom. The summed E-state index contributed by atoms with van der Waals surface area (Å²) in [7, 11) is 0. The van der Waals surface area contributed by atoms with Gasteiger partial charge in [0.25, 0.3) is 0 Å². The van der Waals surface area contributed by atoms with E-state index in [4.69, 9.17) is 4.99 Å². The van der Waals surface area contributed by atoms with Crippen LogP contribution in [0.3, 0.4) is 0 Å². The molecule has 0 aromatic carbocycles. The van der Waals surface area contributed by atoms with Gasteiger partial charge in [-0.15, -0.1) is 11.3 Å². The van der Waals surface area contributed by atoms with E-state index < -0.39 is 0 Å². The van der Waals surface area contributed by atoms with E-state index in [1.807, 2.05) is 17.5 Å². The molecule has 26 heavy (non-hydrogen) atoms. The molecule has 0 radical (unpaired) electrons. The summed E-state index contributed by atoms with van der Waals surface area (Å²) in [4.78, 5) is 13.2. The molecule has 0 amide bonds. The molecule has 1 aliphatic heterocycles. The molecule has 0 aliphatic carbocycles. The third-order valence-electron chi connectivity index (χ3n) is 4.95. The lowest BCUT2D eigenvalue weighted by atomic mass is 9.99. The fourth-order valence-corrected chi connectivity index (χ4v) is 4.04. The summed E-state index contributed by atoms with van der Waals surface area (Å²) in [6.07, 6.45) is 9.18. The second kappa shape index (κ2) is 12.3. The number of thiazole rings is 1. The summed E-state index contributed by atoms with van der Waals surface area (Å²) in [6, 6.07) is 0. The zero-order valence-corrected chi connectivity index (χ0v) is 17.7. The smallest absolute Gasteiger partial charge is 0.191 e. The van der Waals surface area contributed by atoms with Gasteiger partial charge in [-0.25, -0.2) is 4.98 Å². The van der Waals surface area contributed by atoms with Gasteiger partial charge in [-0.1, -0.05) is 13.8 Å². The van der Waals surface area contributed by atoms with Crippen LogP contribution >= 0.6 is 11.3 Å². The number of rotatable bonds is 10. The molecule has 2 rings (SSSR count). The molecule has 0 atom stereocenters. The highest BCUT2D eigenvalue weighted by Gasteiger charge is 2.14. The predicted molar refractivity (Wildman–Crippen MR) is 113 cm³/mol. The van der Waals surface area contributed by atoms with Gasteiger partial charge in [-0.05, 0) is 64.6 Å². The molecule has 0 unspecified atom stereocenters. The van der Waals surface area contributed by atoms with Gasteiger partial charge in [0, 0.05) is 37.1 Å². The Balaban J connectivity index is 1.60. The second-order valence-electron chi connectivity index (χ2n) is 7.24. The number of hydrogen-bond acceptors (Lipinski definition) is 4. The maximum absolute atomic E-state index is 4.72. The fraction of sp³-hybridized carbons (Fsp3) is 0.800. The molecule has 5 nitrogen and oxygen atoms in total. The highest BCUT2D eigenvalue weighted by atomic mass is 32.1. The molecule has 1 fully saturated rings. The molecule has 0 spiro atoms. The molecule has 1 aliphatic rings. The number of piperidine rings is 1. The Kier molecular flexibility index (Phi) is 10.00. The first-order valence-corrected chi connectivity index (χ1v) is 11.2. The largest absolute Gasteiger partial charge is 0.357 e. The number of aromatic nitrogens is 1. The van der Waals surface area contributed by atoms with Crippen molar-refractivity contribution in [2.75, 3.05) is 39.3 Å². The van der Waals surface area contributed by atoms with Crippen LogP contribution in [0.2, 0.25) is 0 Å². The fourth-order valence-electron chi connectivity index (χ4n) is 3.18. The predicted octanol–water partition coefficient (Wildman–Crippen LogP) is 3.32. The van der Waals surface area contributed by atoms with Crippen LogP contribution in [0.5, 0.6) is 0 Å². The summed E-state index contributed by atoms with van der Waals surface area (Å²) in [5.74, 6) is 1.86. The molecule has 6 heteroatoms. The zero-order chi connectivity index (χ0) is 18.6. The molecule has 1 saturated heterocycles. The molecule has 148 valence electrons. The van der Waals surface area contributed by atoms with Crippen molar-refractivity contribution in [3.8, 4) is 0 Å². The van der Waals surface area contributed by atoms with Crippen molar-refractivity contribution in [3.05, 3.63) is 16.1 Å². The van der Waals surface area contributed by atoms with Gasteiger partial charge in [-0.3, -0.25) is 4.99 Å². The number of nitrogens with one attached hydrogen (secondary N) is 2. The molecule has 2 N–H and O–H groups in total. The third kappa shape index (κ3) is 8.04. The molecule has 0 bridgehead atoms. The maximum Gasteiger partial charge on any atom is 0.191 e. The van der Waals surface area contributed by atoms with E-state index in [9.17, 15) is 0 Å². The summed E-state index contributed by atoms with van der Waals surface area (Å²) < 4.78 is 0. The monoisotopic (exact) mass is 379 g/mol. The normalized spacial score (nSPS) is 16.8. The molecule has 0 saturated carbocycles. The lowest BCUT2D eigenvalue weighted by molar-refractivity contribution is 0.190. The Morgan fingerprint density at radius 1 is 1.27 bits per heavy atom. The van der Waals surface area contributed by atoms with E-state index in [0.29, 0.717) is 0 Å². The van der Waals surface area contributed by atoms with Crippen LogP contribution in [0.4, 0.5) is 0 Å². The minimum Gasteiger partial charge on any atom is -0.357 e. The first-order chi connectivity index (χ1) is 12.7. The van der Waals surface area contributed by atoms with Crippen molar-refractivity contribution < 1.29 is 0 Å². The third-order valence-corrected chi connectivity index (χ3v) is 6.16. The van der Waals surface area contributed by atoms with Crippen LogP contribution in [0.15, 0.2) is 11.2 Å². The van der Waals surface area contributed by atoms with Gasteiger partial charge in [0.15, 0.2) is 5.96 Å². The van der Waals surface area contributed by atoms with Crippen LogP contribution in [0.25, 0.3) is 0 Å². The summed E-state index contributed by atoms with van der Waals surface area (Å²) in [5, 5.41) is 7.99. The summed E-state index contributed by atoms with van der Waals surface area (Å²) in [6.45, 7) is 13.1. The highest BCUT2D eigenvalue weighted by Crippen LogP contribution is 2.16. The van der Waals surface area contributed by atoms with Gasteiger partial charge in [0.05, 0.1) is 5.01 Å². The van der Waals surface area contributed by atoms with E-state index in [1.165, 1.54) is 48.8 Å². The first-order valence-electron chi connectivity index (χ1n) is 10.4. The highest BCUT2D eigenvalue weighted by molar-refractivity contribution is 7.11. The lowest BCUT2D eigenvalue weighted by Gasteiger charge is -2.30. The Bertz CT molecular complexity index is 520. The molecule has 2 heterocycles. The van der Waals surface area contributed by atoms with Crippen molar-refractivity contribution >= 4 is 17.3 Å². The average molecular weight is 380 g/mol. The summed E-state index contributed by atoms with van der Waals surface area (Å²) >= 11 is 1.82. The molecular formula is C20H37N5S. The maximum atomic E-state index is 4.72. The molecule has 1 aromatic rings. The van der Waals surface area contributed by atoms with Crippen LogP contribution in [-0.2, 0) is 12.8 Å². The van der Waals surface area contributed by atoms with Crippen molar-refractivity contribution in [1.29, 1.82) is 0 Å². The number of hydrogen-bond donors (Lipinski definition) is 2. The van der Waals surface area contributed by atoms with Crippen molar-refractivity contribution in [1.82, 2.24) is 20.5 Å². The number of aliphatic imine (C=N–C) groups is 1. The van der Waals surface area contributed by atoms with Gasteiger partial charge >= 0.3 is 0 Å². The Hall–Kier alpha value is -1.14. The van der Waals surface area contributed by atoms with Gasteiger partial charge in [-0.2, -0.15) is 0 Å². The van der Waals surface area contributed by atoms with Crippen LogP contribution in [0, 0.1) is 5.92 Å². The van der Waals surface area contributed by atoms with Gasteiger partial charge < -0.3 is 15.5 Å². The molecular weight excluding hydrogens is 342 g/mol. The SMILES string of the molecule is CCNC(=NCCCCN1CCC(C)CC1)NCCc1ncc(CC)s1. The van der Waals surface area contributed by atoms with E-state index in [1.54, 1.807) is 0 Å². The number of aryl methyl sites for hydroxylation is 1. The topological polar surface area (TPSA) is 52.6 Å². The second-order valence-corrected chi connectivity index (χ2v) is 8.44. The van der Waals surface area contributed by atoms with Crippen molar-refractivity contribution in [2.45, 2.75) is 59.3 Å². The zero-order valence-electron chi connectivity index (χ0n) is 16.9. The average Bonchev–Trinajstić information content (AvgIpc) is 3.11. The Labute approximate surface area is 163 Å². The number of unbranched alkanes of at least 4 members (excludes halogenated alkanes) is 1. The number of guanidine groups is 1. The molecule has 1 aromatic heterocycles. The Morgan fingerprint density at radius 3 is 2.77 bits per heavy atom. The van der Waals surface area contributed by atoms with E-state index >= 15 is 0 Å². The lowest BCUT2D eigenvalue weighted by Crippen LogP contribution is -2.38. The van der Waals surface area contributed by atoms with E-state index in [2.05, 4.69) is 41.3 Å². The van der Waals surface area contributed by atoms with Gasteiger partial charge in [0.1, 0.15) is 0 Å². The summed E-state index contributed by atoms with van der Waals surface area (Å²) in [5.41, 5.74) is 0. The van der Waals surface area contributed by atoms with Crippen molar-refractivity contribution in [3.63, 3.8) is 0 Å². The number of likely N-dealkylation sites (tertiary alicyclic amines) is 1. The first kappa shape index (κ1) is 21.2. The quantitative estimate of drug-likeness (QED) is 0.372. The van der Waals surface area contributed by atoms with Gasteiger partial charge in [0.2, 0.25) is 0 Å². The standard InChI is InChI=1S/C20H37N5S/c1-4-18-16-24-19(26-18)8-12-23-20(21-5-2)22-11-6-7-13-25-14-9-17(3)10-15-25/h16-17H,4-15H2,1-3H3,(H2,21,22,23). The van der Waals surface area contributed by atoms with Crippen LogP contribution in [0.1, 0.15) is 56.3 Å². The number of nitrogens with zero attached hydrogens (tertiary/aromatic N) is 3. The van der Waals surface area contributed by atoms with E-state index in [-0.39, 0.29) is 0 Å². The minimum absolute atomic E-state index is 0.883. The van der Waals surface area contributed by atoms with Crippen molar-refractivity contribution in [2.24, 2.45) is 10.9 Å². The minimum atomic E-state index is 0.883. The van der Waals surface area contributed by atoms with E-state index in [0.717, 1.165) is 50.8 Å².